The molecule has 2 fully saturated rings. The lowest BCUT2D eigenvalue weighted by Gasteiger charge is -2.32. The lowest BCUT2D eigenvalue weighted by Crippen LogP contribution is -2.19. The summed E-state index contributed by atoms with van der Waals surface area (Å²) in [4.78, 5) is 18.5. The van der Waals surface area contributed by atoms with Crippen molar-refractivity contribution >= 4 is 11.9 Å². The Morgan fingerprint density at radius 2 is 1.00 bits per heavy atom. The van der Waals surface area contributed by atoms with E-state index in [1.165, 1.54) is 32.1 Å². The molecule has 2 saturated carbocycles. The molecule has 0 radical (unpaired) electrons. The van der Waals surface area contributed by atoms with Gasteiger partial charge >= 0.3 is 11.9 Å². The molecule has 4 heteroatoms. The second-order valence-electron chi connectivity index (χ2n) is 5.35. The van der Waals surface area contributed by atoms with E-state index in [0.717, 1.165) is 17.6 Å². The van der Waals surface area contributed by atoms with Gasteiger partial charge in [-0.3, -0.25) is 0 Å². The predicted molar refractivity (Wildman–Crippen MR) is 79.7 cm³/mol. The molecular weight excluding hydrogens is 256 g/mol. The first-order chi connectivity index (χ1) is 9.45. The van der Waals surface area contributed by atoms with E-state index in [-0.39, 0.29) is 0 Å². The molecule has 0 amide bonds. The summed E-state index contributed by atoms with van der Waals surface area (Å²) in [6, 6.07) is 0. The lowest BCUT2D eigenvalue weighted by molar-refractivity contribution is -0.132. The van der Waals surface area contributed by atoms with Crippen LogP contribution in [-0.2, 0) is 9.59 Å². The van der Waals surface area contributed by atoms with Crippen LogP contribution >= 0.6 is 0 Å². The highest BCUT2D eigenvalue weighted by molar-refractivity contribution is 5.79. The van der Waals surface area contributed by atoms with Gasteiger partial charge in [-0.2, -0.15) is 0 Å². The highest BCUT2D eigenvalue weighted by Gasteiger charge is 2.34. The molecule has 2 aliphatic rings. The van der Waals surface area contributed by atoms with Crippen molar-refractivity contribution in [2.75, 3.05) is 0 Å². The van der Waals surface area contributed by atoms with E-state index in [4.69, 9.17) is 10.2 Å². The van der Waals surface area contributed by atoms with Crippen LogP contribution in [-0.4, -0.2) is 22.2 Å². The number of rotatable bonds is 2. The van der Waals surface area contributed by atoms with E-state index in [2.05, 4.69) is 13.2 Å². The minimum absolute atomic E-state index is 0.833. The normalized spacial score (nSPS) is 18.8. The number of hydrogen-bond acceptors (Lipinski definition) is 2. The van der Waals surface area contributed by atoms with Gasteiger partial charge in [-0.25, -0.2) is 9.59 Å². The summed E-state index contributed by atoms with van der Waals surface area (Å²) in [7, 11) is 0. The first-order valence-electron chi connectivity index (χ1n) is 7.16. The van der Waals surface area contributed by atoms with Gasteiger partial charge in [0.05, 0.1) is 0 Å². The monoisotopic (exact) mass is 282 g/mol. The van der Waals surface area contributed by atoms with Crippen molar-refractivity contribution in [1.82, 2.24) is 0 Å². The van der Waals surface area contributed by atoms with Crippen molar-refractivity contribution in [3.63, 3.8) is 0 Å². The average Bonchev–Trinajstić information content (AvgIpc) is 2.89. The summed E-state index contributed by atoms with van der Waals surface area (Å²) < 4.78 is 0. The zero-order valence-corrected chi connectivity index (χ0v) is 12.1. The van der Waals surface area contributed by atoms with Crippen LogP contribution in [0.3, 0.4) is 0 Å². The van der Waals surface area contributed by atoms with Gasteiger partial charge in [-0.1, -0.05) is 45.3 Å². The summed E-state index contributed by atoms with van der Waals surface area (Å²) in [6.07, 6.45) is 15.5. The molecule has 2 aliphatic carbocycles. The molecule has 0 aliphatic heterocycles. The topological polar surface area (TPSA) is 74.6 Å². The molecule has 0 aromatic carbocycles. The molecule has 0 bridgehead atoms. The van der Waals surface area contributed by atoms with E-state index in [0.29, 0.717) is 0 Å². The molecule has 4 nitrogen and oxygen atoms in total. The summed E-state index contributed by atoms with van der Waals surface area (Å²) in [5, 5.41) is 15.2. The number of carbonyl (C=O) groups is 2. The van der Waals surface area contributed by atoms with Gasteiger partial charge in [-0.15, -0.1) is 0 Å². The molecule has 1 spiro atoms. The van der Waals surface area contributed by atoms with Crippen molar-refractivity contribution in [1.29, 1.82) is 0 Å². The molecule has 20 heavy (non-hydrogen) atoms. The molecule has 0 heterocycles. The fourth-order valence-electron chi connectivity index (χ4n) is 2.93. The second-order valence-corrected chi connectivity index (χ2v) is 5.35. The van der Waals surface area contributed by atoms with Crippen molar-refractivity contribution in [3.8, 4) is 0 Å². The number of carboxylic acid groups (broad SMARTS) is 2. The number of hydrogen-bond donors (Lipinski definition) is 2. The Labute approximate surface area is 121 Å². The first-order valence-corrected chi connectivity index (χ1v) is 7.16. The van der Waals surface area contributed by atoms with E-state index < -0.39 is 11.9 Å². The lowest BCUT2D eigenvalue weighted by atomic mass is 9.73. The van der Waals surface area contributed by atoms with Crippen LogP contribution in [0.25, 0.3) is 0 Å². The van der Waals surface area contributed by atoms with Crippen LogP contribution in [0.2, 0.25) is 0 Å². The van der Waals surface area contributed by atoms with Crippen LogP contribution in [0.15, 0.2) is 25.3 Å². The minimum atomic E-state index is -0.981. The molecule has 114 valence electrons. The largest absolute Gasteiger partial charge is 0.478 e. The predicted octanol–water partition coefficient (Wildman–Crippen LogP) is 4.02. The molecular formula is C16H26O4. The van der Waals surface area contributed by atoms with Crippen LogP contribution < -0.4 is 0 Å². The van der Waals surface area contributed by atoms with Crippen LogP contribution in [0.4, 0.5) is 0 Å². The highest BCUT2D eigenvalue weighted by atomic mass is 16.4. The molecule has 0 aromatic heterocycles. The van der Waals surface area contributed by atoms with Gasteiger partial charge in [0, 0.05) is 12.2 Å². The number of aliphatic carboxylic acids is 2. The molecule has 2 rings (SSSR count). The SMILES string of the molecule is C1CCC2(CC1)CCCC2.C=CC(=O)O.C=CC(=O)O. The zero-order chi connectivity index (χ0) is 15.4. The summed E-state index contributed by atoms with van der Waals surface area (Å²) >= 11 is 0. The van der Waals surface area contributed by atoms with Gasteiger partial charge in [0.15, 0.2) is 0 Å². The van der Waals surface area contributed by atoms with Crippen molar-refractivity contribution in [2.24, 2.45) is 5.41 Å². The number of carboxylic acids is 2. The molecule has 0 atom stereocenters. The van der Waals surface area contributed by atoms with Crippen molar-refractivity contribution < 1.29 is 19.8 Å². The van der Waals surface area contributed by atoms with Gasteiger partial charge < -0.3 is 10.2 Å². The van der Waals surface area contributed by atoms with E-state index in [1.807, 2.05) is 0 Å². The molecule has 0 saturated heterocycles. The van der Waals surface area contributed by atoms with Crippen molar-refractivity contribution in [3.05, 3.63) is 25.3 Å². The van der Waals surface area contributed by atoms with Crippen LogP contribution in [0.5, 0.6) is 0 Å². The molecule has 0 aromatic rings. The second kappa shape index (κ2) is 10.2. The summed E-state index contributed by atoms with van der Waals surface area (Å²) in [6.45, 7) is 5.92. The Morgan fingerprint density at radius 1 is 0.750 bits per heavy atom. The highest BCUT2D eigenvalue weighted by Crippen LogP contribution is 2.48. The van der Waals surface area contributed by atoms with E-state index in [9.17, 15) is 9.59 Å². The maximum atomic E-state index is 9.25. The average molecular weight is 282 g/mol. The summed E-state index contributed by atoms with van der Waals surface area (Å²) in [5.41, 5.74) is 0.873. The fourth-order valence-corrected chi connectivity index (χ4v) is 2.93. The van der Waals surface area contributed by atoms with Gasteiger partial charge in [0.25, 0.3) is 0 Å². The maximum absolute atomic E-state index is 9.25. The Hall–Kier alpha value is -1.58. The molecule has 2 N–H and O–H groups in total. The first kappa shape index (κ1) is 18.4. The summed E-state index contributed by atoms with van der Waals surface area (Å²) in [5.74, 6) is -1.96. The standard InChI is InChI=1S/C10H18.2C3H4O2/c1-2-6-10(7-3-1)8-4-5-9-10;2*1-2-3(4)5/h1-9H2;2*2H,1H2,(H,4,5). The minimum Gasteiger partial charge on any atom is -0.478 e. The third-order valence-electron chi connectivity index (χ3n) is 3.93. The fraction of sp³-hybridized carbons (Fsp3) is 0.625. The Balaban J connectivity index is 0.000000310. The van der Waals surface area contributed by atoms with Crippen molar-refractivity contribution in [2.45, 2.75) is 57.8 Å². The Bertz CT molecular complexity index is 301. The van der Waals surface area contributed by atoms with E-state index >= 15 is 0 Å². The Morgan fingerprint density at radius 3 is 1.25 bits per heavy atom. The maximum Gasteiger partial charge on any atom is 0.327 e. The van der Waals surface area contributed by atoms with Crippen LogP contribution in [0, 0.1) is 5.41 Å². The van der Waals surface area contributed by atoms with Crippen LogP contribution in [0.1, 0.15) is 57.8 Å². The third-order valence-corrected chi connectivity index (χ3v) is 3.93. The van der Waals surface area contributed by atoms with Gasteiger partial charge in [-0.05, 0) is 31.1 Å². The van der Waals surface area contributed by atoms with Gasteiger partial charge in [0.2, 0.25) is 0 Å². The third kappa shape index (κ3) is 8.51. The van der Waals surface area contributed by atoms with E-state index in [1.54, 1.807) is 25.7 Å². The zero-order valence-electron chi connectivity index (χ0n) is 12.1. The Kier molecular flexibility index (Phi) is 9.43. The quantitative estimate of drug-likeness (QED) is 0.750. The smallest absolute Gasteiger partial charge is 0.327 e. The molecule has 0 unspecified atom stereocenters. The van der Waals surface area contributed by atoms with Gasteiger partial charge in [0.1, 0.15) is 0 Å².